The maximum Gasteiger partial charge on any atom is 0.267 e. The predicted octanol–water partition coefficient (Wildman–Crippen LogP) is 4.04. The molecule has 0 saturated heterocycles. The second-order valence-electron chi connectivity index (χ2n) is 9.41. The maximum absolute atomic E-state index is 13.0. The molecule has 3 rings (SSSR count). The Kier molecular flexibility index (Phi) is 10.9. The molecule has 0 radical (unpaired) electrons. The van der Waals surface area contributed by atoms with Gasteiger partial charge in [-0.15, -0.1) is 0 Å². The summed E-state index contributed by atoms with van der Waals surface area (Å²) < 4.78 is 11.5. The number of nitrogens with one attached hydrogen (secondary N) is 2. The second kappa shape index (κ2) is 14.6. The lowest BCUT2D eigenvalue weighted by molar-refractivity contribution is -0.117. The molecule has 0 unspecified atom stereocenters. The number of benzene rings is 3. The second-order valence-corrected chi connectivity index (χ2v) is 9.41. The Bertz CT molecular complexity index is 1250. The number of amides is 2. The number of aliphatic hydroxyl groups is 1. The molecule has 0 aromatic heterocycles. The third kappa shape index (κ3) is 9.50. The van der Waals surface area contributed by atoms with Gasteiger partial charge in [0.25, 0.3) is 11.8 Å². The highest BCUT2D eigenvalue weighted by molar-refractivity contribution is 6.05. The largest absolute Gasteiger partial charge is 0.493 e. The van der Waals surface area contributed by atoms with E-state index >= 15 is 0 Å². The van der Waals surface area contributed by atoms with Crippen molar-refractivity contribution in [2.45, 2.75) is 26.4 Å². The lowest BCUT2D eigenvalue weighted by Crippen LogP contribution is -2.36. The SMILES string of the molecule is CC(C)Oc1ccc(/C=C(/NC(=O)c2ccc(OCCc3cccc(N(C)C)c3)cc2)C(=O)NCCO)cc1. The summed E-state index contributed by atoms with van der Waals surface area (Å²) in [5, 5.41) is 14.4. The predicted molar refractivity (Wildman–Crippen MR) is 154 cm³/mol. The molecule has 3 aromatic carbocycles. The van der Waals surface area contributed by atoms with E-state index in [2.05, 4.69) is 33.7 Å². The first-order valence-electron chi connectivity index (χ1n) is 12.9. The topological polar surface area (TPSA) is 100 Å². The Labute approximate surface area is 230 Å². The number of carbonyl (C=O) groups is 2. The Morgan fingerprint density at radius 3 is 2.31 bits per heavy atom. The van der Waals surface area contributed by atoms with Gasteiger partial charge in [0.05, 0.1) is 19.3 Å². The van der Waals surface area contributed by atoms with Gasteiger partial charge in [0.2, 0.25) is 0 Å². The molecule has 0 bridgehead atoms. The van der Waals surface area contributed by atoms with E-state index in [0.29, 0.717) is 29.2 Å². The number of carbonyl (C=O) groups excluding carboxylic acids is 2. The molecule has 8 heteroatoms. The zero-order valence-corrected chi connectivity index (χ0v) is 22.9. The van der Waals surface area contributed by atoms with Gasteiger partial charge >= 0.3 is 0 Å². The van der Waals surface area contributed by atoms with Gasteiger partial charge in [0, 0.05) is 38.3 Å². The third-order valence-electron chi connectivity index (χ3n) is 5.66. The van der Waals surface area contributed by atoms with Crippen LogP contribution in [0.1, 0.15) is 35.3 Å². The van der Waals surface area contributed by atoms with E-state index in [1.807, 2.05) is 34.0 Å². The molecule has 0 aliphatic carbocycles. The Morgan fingerprint density at radius 1 is 0.974 bits per heavy atom. The average molecular weight is 532 g/mol. The van der Waals surface area contributed by atoms with Crippen LogP contribution in [-0.4, -0.2) is 56.9 Å². The Balaban J connectivity index is 1.63. The van der Waals surface area contributed by atoms with Gasteiger partial charge in [0.15, 0.2) is 0 Å². The van der Waals surface area contributed by atoms with Gasteiger partial charge < -0.3 is 30.1 Å². The van der Waals surface area contributed by atoms with Crippen molar-refractivity contribution in [2.75, 3.05) is 38.8 Å². The summed E-state index contributed by atoms with van der Waals surface area (Å²) in [6.45, 7) is 4.24. The molecule has 2 amide bonds. The van der Waals surface area contributed by atoms with Gasteiger partial charge in [0.1, 0.15) is 17.2 Å². The summed E-state index contributed by atoms with van der Waals surface area (Å²) >= 11 is 0. The lowest BCUT2D eigenvalue weighted by atomic mass is 10.1. The zero-order valence-electron chi connectivity index (χ0n) is 22.9. The van der Waals surface area contributed by atoms with Crippen molar-refractivity contribution in [1.82, 2.24) is 10.6 Å². The van der Waals surface area contributed by atoms with Crippen LogP contribution < -0.4 is 25.0 Å². The van der Waals surface area contributed by atoms with Crippen LogP contribution >= 0.6 is 0 Å². The van der Waals surface area contributed by atoms with Gasteiger partial charge in [-0.05, 0) is 79.6 Å². The van der Waals surface area contributed by atoms with Crippen molar-refractivity contribution < 1.29 is 24.2 Å². The fraction of sp³-hybridized carbons (Fsp3) is 0.290. The fourth-order valence-electron chi connectivity index (χ4n) is 3.68. The minimum absolute atomic E-state index is 0.0439. The molecule has 8 nitrogen and oxygen atoms in total. The minimum atomic E-state index is -0.502. The van der Waals surface area contributed by atoms with Crippen molar-refractivity contribution in [3.05, 3.63) is 95.2 Å². The first-order chi connectivity index (χ1) is 18.7. The van der Waals surface area contributed by atoms with Gasteiger partial charge in [-0.25, -0.2) is 0 Å². The molecule has 0 aliphatic heterocycles. The highest BCUT2D eigenvalue weighted by Crippen LogP contribution is 2.18. The first-order valence-corrected chi connectivity index (χ1v) is 12.9. The lowest BCUT2D eigenvalue weighted by Gasteiger charge is -2.14. The van der Waals surface area contributed by atoms with Crippen LogP contribution in [0.5, 0.6) is 11.5 Å². The molecule has 0 spiro atoms. The van der Waals surface area contributed by atoms with E-state index in [1.165, 1.54) is 5.56 Å². The number of anilines is 1. The summed E-state index contributed by atoms with van der Waals surface area (Å²) in [4.78, 5) is 27.7. The van der Waals surface area contributed by atoms with E-state index in [0.717, 1.165) is 12.1 Å². The first kappa shape index (κ1) is 29.3. The quantitative estimate of drug-likeness (QED) is 0.288. The van der Waals surface area contributed by atoms with Crippen LogP contribution in [0, 0.1) is 0 Å². The third-order valence-corrected chi connectivity index (χ3v) is 5.66. The van der Waals surface area contributed by atoms with Crippen LogP contribution in [0.25, 0.3) is 6.08 Å². The molecule has 0 heterocycles. The van der Waals surface area contributed by atoms with Crippen molar-refractivity contribution in [2.24, 2.45) is 0 Å². The van der Waals surface area contributed by atoms with E-state index in [1.54, 1.807) is 54.6 Å². The normalized spacial score (nSPS) is 11.2. The van der Waals surface area contributed by atoms with Crippen molar-refractivity contribution >= 4 is 23.6 Å². The van der Waals surface area contributed by atoms with E-state index in [9.17, 15) is 9.59 Å². The zero-order chi connectivity index (χ0) is 28.2. The van der Waals surface area contributed by atoms with Gasteiger partial charge in [-0.3, -0.25) is 9.59 Å². The number of ether oxygens (including phenoxy) is 2. The van der Waals surface area contributed by atoms with Crippen LogP contribution in [-0.2, 0) is 11.2 Å². The number of aliphatic hydroxyl groups excluding tert-OH is 1. The molecule has 206 valence electrons. The summed E-state index contributed by atoms with van der Waals surface area (Å²) in [5.41, 5.74) is 3.46. The monoisotopic (exact) mass is 531 g/mol. The van der Waals surface area contributed by atoms with Crippen molar-refractivity contribution in [3.8, 4) is 11.5 Å². The highest BCUT2D eigenvalue weighted by atomic mass is 16.5. The van der Waals surface area contributed by atoms with Crippen molar-refractivity contribution in [3.63, 3.8) is 0 Å². The summed E-state index contributed by atoms with van der Waals surface area (Å²) in [6.07, 6.45) is 2.38. The molecule has 0 saturated carbocycles. The van der Waals surface area contributed by atoms with E-state index < -0.39 is 11.8 Å². The van der Waals surface area contributed by atoms with Gasteiger partial charge in [-0.2, -0.15) is 0 Å². The van der Waals surface area contributed by atoms with E-state index in [4.69, 9.17) is 14.6 Å². The molecule has 3 aromatic rings. The number of hydrogen-bond acceptors (Lipinski definition) is 6. The summed E-state index contributed by atoms with van der Waals surface area (Å²) in [7, 11) is 4.02. The van der Waals surface area contributed by atoms with E-state index in [-0.39, 0.29) is 25.0 Å². The fourth-order valence-corrected chi connectivity index (χ4v) is 3.68. The molecule has 0 aliphatic rings. The maximum atomic E-state index is 13.0. The molecule has 3 N–H and O–H groups in total. The Hall–Kier alpha value is -4.30. The average Bonchev–Trinajstić information content (AvgIpc) is 2.92. The van der Waals surface area contributed by atoms with Crippen LogP contribution in [0.4, 0.5) is 5.69 Å². The van der Waals surface area contributed by atoms with Crippen molar-refractivity contribution in [1.29, 1.82) is 0 Å². The molecular formula is C31H37N3O5. The summed E-state index contributed by atoms with van der Waals surface area (Å²) in [6, 6.07) is 22.2. The minimum Gasteiger partial charge on any atom is -0.493 e. The summed E-state index contributed by atoms with van der Waals surface area (Å²) in [5.74, 6) is 0.419. The smallest absolute Gasteiger partial charge is 0.267 e. The molecular weight excluding hydrogens is 494 g/mol. The molecule has 0 atom stereocenters. The van der Waals surface area contributed by atoms with Crippen LogP contribution in [0.3, 0.4) is 0 Å². The standard InChI is InChI=1S/C31H37N3O5/c1-22(2)39-28-12-8-24(9-13-28)21-29(31(37)32-17-18-35)33-30(36)25-10-14-27(15-11-25)38-19-16-23-6-5-7-26(20-23)34(3)4/h5-15,20-22,35H,16-19H2,1-4H3,(H,32,37)(H,33,36)/b29-21+. The Morgan fingerprint density at radius 2 is 1.67 bits per heavy atom. The van der Waals surface area contributed by atoms with Crippen LogP contribution in [0.15, 0.2) is 78.5 Å². The number of rotatable bonds is 13. The molecule has 39 heavy (non-hydrogen) atoms. The molecule has 0 fully saturated rings. The highest BCUT2D eigenvalue weighted by Gasteiger charge is 2.15. The van der Waals surface area contributed by atoms with Crippen LogP contribution in [0.2, 0.25) is 0 Å². The van der Waals surface area contributed by atoms with Gasteiger partial charge in [-0.1, -0.05) is 24.3 Å². The number of nitrogens with zero attached hydrogens (tertiary/aromatic N) is 1. The number of hydrogen-bond donors (Lipinski definition) is 3.